The largest absolute Gasteiger partial charge is 0.493 e. The third-order valence-electron chi connectivity index (χ3n) is 3.50. The number of ether oxygens (including phenoxy) is 2. The van der Waals surface area contributed by atoms with Crippen molar-refractivity contribution >= 4 is 26.0 Å². The number of sulfonamides is 1. The van der Waals surface area contributed by atoms with Gasteiger partial charge in [0.25, 0.3) is 0 Å². The lowest BCUT2D eigenvalue weighted by atomic mass is 10.1. The summed E-state index contributed by atoms with van der Waals surface area (Å²) in [7, 11) is -0.667. The maximum Gasteiger partial charge on any atom is 0.241 e. The van der Waals surface area contributed by atoms with E-state index in [2.05, 4.69) is 20.7 Å². The van der Waals surface area contributed by atoms with Gasteiger partial charge in [0.05, 0.1) is 14.2 Å². The first-order chi connectivity index (χ1) is 11.5. The van der Waals surface area contributed by atoms with Gasteiger partial charge in [-0.3, -0.25) is 0 Å². The van der Waals surface area contributed by atoms with E-state index in [-0.39, 0.29) is 4.90 Å². The minimum absolute atomic E-state index is 0.125. The average Bonchev–Trinajstić information content (AvgIpc) is 2.59. The van der Waals surface area contributed by atoms with Crippen molar-refractivity contribution in [3.8, 4) is 11.5 Å². The molecule has 0 unspecified atom stereocenters. The second-order valence-electron chi connectivity index (χ2n) is 5.12. The Kier molecular flexibility index (Phi) is 6.65. The summed E-state index contributed by atoms with van der Waals surface area (Å²) in [6.45, 7) is 0.359. The van der Waals surface area contributed by atoms with Crippen molar-refractivity contribution in [2.45, 2.75) is 17.7 Å². The van der Waals surface area contributed by atoms with Gasteiger partial charge in [-0.05, 0) is 40.4 Å². The summed E-state index contributed by atoms with van der Waals surface area (Å²) < 4.78 is 38.4. The molecule has 7 heteroatoms. The van der Waals surface area contributed by atoms with Crippen molar-refractivity contribution in [2.24, 2.45) is 0 Å². The van der Waals surface area contributed by atoms with E-state index in [9.17, 15) is 8.42 Å². The van der Waals surface area contributed by atoms with Crippen LogP contribution in [0.4, 0.5) is 0 Å². The highest BCUT2D eigenvalue weighted by Gasteiger charge is 2.20. The second kappa shape index (κ2) is 8.50. The third-order valence-corrected chi connectivity index (χ3v) is 5.92. The Balaban J connectivity index is 2.04. The molecule has 0 aliphatic rings. The first-order valence-electron chi connectivity index (χ1n) is 7.43. The van der Waals surface area contributed by atoms with Gasteiger partial charge in [0, 0.05) is 17.1 Å². The molecule has 0 aromatic heterocycles. The molecule has 5 nitrogen and oxygen atoms in total. The molecular weight excluding hydrogens is 394 g/mol. The standard InChI is InChI=1S/C17H20BrNO4S/c1-22-15-11-14(18)17(12-16(15)23-2)24(20,21)19-10-6-9-13-7-4-3-5-8-13/h3-5,7-8,11-12,19H,6,9-10H2,1-2H3. The molecule has 1 N–H and O–H groups in total. The molecule has 2 aromatic carbocycles. The molecule has 0 amide bonds. The molecule has 0 spiro atoms. The van der Waals surface area contributed by atoms with Gasteiger partial charge in [0.2, 0.25) is 10.0 Å². The fourth-order valence-corrected chi connectivity index (χ4v) is 4.37. The van der Waals surface area contributed by atoms with Crippen LogP contribution in [0.3, 0.4) is 0 Å². The smallest absolute Gasteiger partial charge is 0.241 e. The van der Waals surface area contributed by atoms with E-state index in [4.69, 9.17) is 9.47 Å². The van der Waals surface area contributed by atoms with Crippen LogP contribution in [-0.2, 0) is 16.4 Å². The molecule has 0 heterocycles. The van der Waals surface area contributed by atoms with Crippen molar-refractivity contribution in [1.29, 1.82) is 0 Å². The van der Waals surface area contributed by atoms with E-state index in [1.165, 1.54) is 25.8 Å². The van der Waals surface area contributed by atoms with Crippen LogP contribution in [0.1, 0.15) is 12.0 Å². The molecule has 0 saturated carbocycles. The molecule has 2 aromatic rings. The van der Waals surface area contributed by atoms with Crippen LogP contribution < -0.4 is 14.2 Å². The highest BCUT2D eigenvalue weighted by Crippen LogP contribution is 2.35. The van der Waals surface area contributed by atoms with Crippen LogP contribution in [0.5, 0.6) is 11.5 Å². The number of rotatable bonds is 8. The van der Waals surface area contributed by atoms with E-state index < -0.39 is 10.0 Å². The molecule has 0 atom stereocenters. The van der Waals surface area contributed by atoms with Crippen molar-refractivity contribution in [3.05, 3.63) is 52.5 Å². The van der Waals surface area contributed by atoms with Crippen molar-refractivity contribution in [1.82, 2.24) is 4.72 Å². The maximum atomic E-state index is 12.5. The molecule has 0 radical (unpaired) electrons. The molecule has 0 aliphatic heterocycles. The Morgan fingerprint density at radius 1 is 1.04 bits per heavy atom. The van der Waals surface area contributed by atoms with Crippen LogP contribution in [0.25, 0.3) is 0 Å². The number of benzene rings is 2. The Morgan fingerprint density at radius 3 is 2.29 bits per heavy atom. The fraction of sp³-hybridized carbons (Fsp3) is 0.294. The summed E-state index contributed by atoms with van der Waals surface area (Å²) in [5.41, 5.74) is 1.18. The third kappa shape index (κ3) is 4.72. The van der Waals surface area contributed by atoms with E-state index in [0.29, 0.717) is 28.9 Å². The molecule has 0 saturated heterocycles. The summed E-state index contributed by atoms with van der Waals surface area (Å²) in [6, 6.07) is 13.0. The van der Waals surface area contributed by atoms with Gasteiger partial charge in [0.1, 0.15) is 4.90 Å². The Hall–Kier alpha value is -1.57. The van der Waals surface area contributed by atoms with E-state index in [1.807, 2.05) is 30.3 Å². The van der Waals surface area contributed by atoms with Gasteiger partial charge in [-0.15, -0.1) is 0 Å². The summed E-state index contributed by atoms with van der Waals surface area (Å²) in [5, 5.41) is 0. The lowest BCUT2D eigenvalue weighted by molar-refractivity contribution is 0.353. The van der Waals surface area contributed by atoms with E-state index in [0.717, 1.165) is 6.42 Å². The van der Waals surface area contributed by atoms with Gasteiger partial charge in [0.15, 0.2) is 11.5 Å². The maximum absolute atomic E-state index is 12.5. The van der Waals surface area contributed by atoms with Gasteiger partial charge in [-0.2, -0.15) is 0 Å². The number of nitrogens with one attached hydrogen (secondary N) is 1. The summed E-state index contributed by atoms with van der Waals surface area (Å²) in [4.78, 5) is 0.125. The first-order valence-corrected chi connectivity index (χ1v) is 9.70. The number of methoxy groups -OCH3 is 2. The normalized spacial score (nSPS) is 11.3. The molecule has 130 valence electrons. The van der Waals surface area contributed by atoms with Gasteiger partial charge in [-0.1, -0.05) is 30.3 Å². The molecule has 0 aliphatic carbocycles. The van der Waals surface area contributed by atoms with Gasteiger partial charge in [-0.25, -0.2) is 13.1 Å². The van der Waals surface area contributed by atoms with Crippen LogP contribution in [0.2, 0.25) is 0 Å². The van der Waals surface area contributed by atoms with Crippen LogP contribution >= 0.6 is 15.9 Å². The van der Waals surface area contributed by atoms with Crippen LogP contribution in [0.15, 0.2) is 51.8 Å². The predicted octanol–water partition coefficient (Wildman–Crippen LogP) is 3.38. The second-order valence-corrected chi connectivity index (χ2v) is 7.71. The quantitative estimate of drug-likeness (QED) is 0.673. The zero-order chi connectivity index (χ0) is 17.6. The van der Waals surface area contributed by atoms with Gasteiger partial charge < -0.3 is 9.47 Å². The molecular formula is C17H20BrNO4S. The number of aryl methyl sites for hydroxylation is 1. The van der Waals surface area contributed by atoms with Gasteiger partial charge >= 0.3 is 0 Å². The number of hydrogen-bond acceptors (Lipinski definition) is 4. The Labute approximate surface area is 151 Å². The van der Waals surface area contributed by atoms with Crippen LogP contribution in [0, 0.1) is 0 Å². The highest BCUT2D eigenvalue weighted by molar-refractivity contribution is 9.10. The van der Waals surface area contributed by atoms with Crippen molar-refractivity contribution < 1.29 is 17.9 Å². The minimum atomic E-state index is -3.64. The summed E-state index contributed by atoms with van der Waals surface area (Å²) in [6.07, 6.45) is 1.53. The average molecular weight is 414 g/mol. The lowest BCUT2D eigenvalue weighted by Gasteiger charge is -2.13. The first kappa shape index (κ1) is 18.8. The molecule has 0 bridgehead atoms. The number of hydrogen-bond donors (Lipinski definition) is 1. The SMILES string of the molecule is COc1cc(Br)c(S(=O)(=O)NCCCc2ccccc2)cc1OC. The Bertz CT molecular complexity index is 779. The molecule has 0 fully saturated rings. The lowest BCUT2D eigenvalue weighted by Crippen LogP contribution is -2.25. The number of halogens is 1. The van der Waals surface area contributed by atoms with Crippen molar-refractivity contribution in [3.63, 3.8) is 0 Å². The van der Waals surface area contributed by atoms with Crippen molar-refractivity contribution in [2.75, 3.05) is 20.8 Å². The van der Waals surface area contributed by atoms with E-state index in [1.54, 1.807) is 6.07 Å². The summed E-state index contributed by atoms with van der Waals surface area (Å²) >= 11 is 3.28. The molecule has 2 rings (SSSR count). The Morgan fingerprint density at radius 2 is 1.67 bits per heavy atom. The van der Waals surface area contributed by atoms with E-state index >= 15 is 0 Å². The minimum Gasteiger partial charge on any atom is -0.493 e. The zero-order valence-electron chi connectivity index (χ0n) is 13.6. The summed E-state index contributed by atoms with van der Waals surface area (Å²) in [5.74, 6) is 0.831. The highest BCUT2D eigenvalue weighted by atomic mass is 79.9. The fourth-order valence-electron chi connectivity index (χ4n) is 2.26. The van der Waals surface area contributed by atoms with Crippen LogP contribution in [-0.4, -0.2) is 29.2 Å². The zero-order valence-corrected chi connectivity index (χ0v) is 16.0. The monoisotopic (exact) mass is 413 g/mol. The molecule has 24 heavy (non-hydrogen) atoms. The topological polar surface area (TPSA) is 64.6 Å². The predicted molar refractivity (Wildman–Crippen MR) is 97.2 cm³/mol.